The molecule has 1 N–H and O–H groups in total. The first-order valence-electron chi connectivity index (χ1n) is 4.49. The van der Waals surface area contributed by atoms with E-state index in [0.29, 0.717) is 15.7 Å². The van der Waals surface area contributed by atoms with E-state index in [1.807, 2.05) is 0 Å². The average Bonchev–Trinajstić information content (AvgIpc) is 2.66. The molecule has 0 saturated carbocycles. The van der Waals surface area contributed by atoms with Crippen molar-refractivity contribution in [3.63, 3.8) is 0 Å². The highest BCUT2D eigenvalue weighted by molar-refractivity contribution is 9.10. The Labute approximate surface area is 98.8 Å². The summed E-state index contributed by atoms with van der Waals surface area (Å²) in [6, 6.07) is 4.12. The van der Waals surface area contributed by atoms with Crippen molar-refractivity contribution in [2.75, 3.05) is 0 Å². The van der Waals surface area contributed by atoms with E-state index in [9.17, 15) is 9.18 Å². The standard InChI is InChI=1S/C10H7BrFNO3/c11-7-3-5(12)1-2-6(7)8-4-9(10(14)15)16-13-8/h1-3,9H,4H2,(H,14,15). The lowest BCUT2D eigenvalue weighted by molar-refractivity contribution is -0.148. The average molecular weight is 288 g/mol. The predicted octanol–water partition coefficient (Wildman–Crippen LogP) is 2.17. The maximum Gasteiger partial charge on any atom is 0.348 e. The molecular weight excluding hydrogens is 281 g/mol. The summed E-state index contributed by atoms with van der Waals surface area (Å²) in [4.78, 5) is 15.4. The maximum atomic E-state index is 12.8. The minimum atomic E-state index is -1.06. The van der Waals surface area contributed by atoms with Gasteiger partial charge in [0.1, 0.15) is 5.82 Å². The number of oxime groups is 1. The Morgan fingerprint density at radius 2 is 2.38 bits per heavy atom. The molecule has 1 aromatic rings. The van der Waals surface area contributed by atoms with Crippen LogP contribution in [0, 0.1) is 5.82 Å². The fourth-order valence-corrected chi connectivity index (χ4v) is 1.97. The zero-order valence-corrected chi connectivity index (χ0v) is 9.57. The van der Waals surface area contributed by atoms with Gasteiger partial charge in [0.15, 0.2) is 0 Å². The van der Waals surface area contributed by atoms with Gasteiger partial charge < -0.3 is 9.94 Å². The number of aliphatic carboxylic acids is 1. The van der Waals surface area contributed by atoms with Crippen molar-refractivity contribution in [3.8, 4) is 0 Å². The fourth-order valence-electron chi connectivity index (χ4n) is 1.39. The first-order chi connectivity index (χ1) is 7.58. The Morgan fingerprint density at radius 1 is 1.62 bits per heavy atom. The number of benzene rings is 1. The molecule has 1 unspecified atom stereocenters. The van der Waals surface area contributed by atoms with Gasteiger partial charge in [0.25, 0.3) is 0 Å². The second-order valence-corrected chi connectivity index (χ2v) is 4.15. The molecule has 1 heterocycles. The predicted molar refractivity (Wildman–Crippen MR) is 57.8 cm³/mol. The molecule has 4 nitrogen and oxygen atoms in total. The molecule has 1 atom stereocenters. The number of hydrogen-bond donors (Lipinski definition) is 1. The van der Waals surface area contributed by atoms with Crippen molar-refractivity contribution in [3.05, 3.63) is 34.1 Å². The number of nitrogens with zero attached hydrogens (tertiary/aromatic N) is 1. The third kappa shape index (κ3) is 2.06. The third-order valence-electron chi connectivity index (χ3n) is 2.19. The van der Waals surface area contributed by atoms with Crippen LogP contribution in [0.4, 0.5) is 4.39 Å². The molecular formula is C10H7BrFNO3. The molecule has 16 heavy (non-hydrogen) atoms. The highest BCUT2D eigenvalue weighted by Gasteiger charge is 2.29. The molecule has 6 heteroatoms. The Balaban J connectivity index is 2.24. The smallest absolute Gasteiger partial charge is 0.348 e. The van der Waals surface area contributed by atoms with Gasteiger partial charge in [0, 0.05) is 16.5 Å². The van der Waals surface area contributed by atoms with Gasteiger partial charge in [-0.05, 0) is 18.2 Å². The molecule has 1 aromatic carbocycles. The molecule has 0 aromatic heterocycles. The third-order valence-corrected chi connectivity index (χ3v) is 2.84. The zero-order chi connectivity index (χ0) is 11.7. The Hall–Kier alpha value is -1.43. The quantitative estimate of drug-likeness (QED) is 0.907. The number of hydrogen-bond acceptors (Lipinski definition) is 3. The van der Waals surface area contributed by atoms with Crippen LogP contribution in [0.3, 0.4) is 0 Å². The first-order valence-corrected chi connectivity index (χ1v) is 5.28. The van der Waals surface area contributed by atoms with Gasteiger partial charge in [-0.25, -0.2) is 9.18 Å². The van der Waals surface area contributed by atoms with E-state index in [4.69, 9.17) is 9.94 Å². The lowest BCUT2D eigenvalue weighted by Crippen LogP contribution is -2.19. The molecule has 0 amide bonds. The highest BCUT2D eigenvalue weighted by Crippen LogP contribution is 2.24. The van der Waals surface area contributed by atoms with Gasteiger partial charge in [-0.15, -0.1) is 0 Å². The summed E-state index contributed by atoms with van der Waals surface area (Å²) >= 11 is 3.19. The van der Waals surface area contributed by atoms with Crippen molar-refractivity contribution in [1.82, 2.24) is 0 Å². The van der Waals surface area contributed by atoms with Crippen molar-refractivity contribution in [2.45, 2.75) is 12.5 Å². The summed E-state index contributed by atoms with van der Waals surface area (Å²) in [5.74, 6) is -1.43. The monoisotopic (exact) mass is 287 g/mol. The first kappa shape index (κ1) is 11.1. The van der Waals surface area contributed by atoms with E-state index < -0.39 is 12.1 Å². The van der Waals surface area contributed by atoms with E-state index in [0.717, 1.165) is 0 Å². The number of halogens is 2. The summed E-state index contributed by atoms with van der Waals surface area (Å²) in [5, 5.41) is 12.4. The number of carbonyl (C=O) groups is 1. The normalized spacial score (nSPS) is 19.1. The van der Waals surface area contributed by atoms with E-state index in [2.05, 4.69) is 21.1 Å². The van der Waals surface area contributed by atoms with Crippen molar-refractivity contribution in [2.24, 2.45) is 5.16 Å². The summed E-state index contributed by atoms with van der Waals surface area (Å²) in [5.41, 5.74) is 1.14. The van der Waals surface area contributed by atoms with Gasteiger partial charge in [-0.2, -0.15) is 0 Å². The lowest BCUT2D eigenvalue weighted by atomic mass is 10.1. The molecule has 1 aliphatic heterocycles. The Morgan fingerprint density at radius 3 is 2.94 bits per heavy atom. The van der Waals surface area contributed by atoms with Gasteiger partial charge in [0.05, 0.1) is 5.71 Å². The summed E-state index contributed by atoms with van der Waals surface area (Å²) in [6.45, 7) is 0. The molecule has 0 spiro atoms. The molecule has 0 bridgehead atoms. The Bertz CT molecular complexity index is 475. The van der Waals surface area contributed by atoms with Crippen LogP contribution in [0.2, 0.25) is 0 Å². The molecule has 2 rings (SSSR count). The minimum Gasteiger partial charge on any atom is -0.478 e. The van der Waals surface area contributed by atoms with Crippen LogP contribution in [0.15, 0.2) is 27.8 Å². The summed E-state index contributed by atoms with van der Waals surface area (Å²) in [6.07, 6.45) is -0.772. The van der Waals surface area contributed by atoms with Crippen LogP contribution in [0.1, 0.15) is 12.0 Å². The van der Waals surface area contributed by atoms with Crippen LogP contribution in [-0.2, 0) is 9.63 Å². The van der Waals surface area contributed by atoms with E-state index in [1.54, 1.807) is 0 Å². The van der Waals surface area contributed by atoms with E-state index in [1.165, 1.54) is 18.2 Å². The number of carboxylic acid groups (broad SMARTS) is 1. The van der Waals surface area contributed by atoms with Gasteiger partial charge in [-0.3, -0.25) is 0 Å². The summed E-state index contributed by atoms with van der Waals surface area (Å²) < 4.78 is 13.4. The van der Waals surface area contributed by atoms with E-state index in [-0.39, 0.29) is 12.2 Å². The highest BCUT2D eigenvalue weighted by atomic mass is 79.9. The molecule has 0 fully saturated rings. The zero-order valence-electron chi connectivity index (χ0n) is 7.98. The van der Waals surface area contributed by atoms with Crippen LogP contribution < -0.4 is 0 Å². The molecule has 0 saturated heterocycles. The molecule has 84 valence electrons. The second-order valence-electron chi connectivity index (χ2n) is 3.30. The van der Waals surface area contributed by atoms with Gasteiger partial charge in [0.2, 0.25) is 6.10 Å². The van der Waals surface area contributed by atoms with E-state index >= 15 is 0 Å². The fraction of sp³-hybridized carbons (Fsp3) is 0.200. The van der Waals surface area contributed by atoms with Gasteiger partial charge in [-0.1, -0.05) is 21.1 Å². The second kappa shape index (κ2) is 4.21. The lowest BCUT2D eigenvalue weighted by Gasteiger charge is -2.02. The summed E-state index contributed by atoms with van der Waals surface area (Å²) in [7, 11) is 0. The largest absolute Gasteiger partial charge is 0.478 e. The maximum absolute atomic E-state index is 12.8. The molecule has 0 radical (unpaired) electrons. The van der Waals surface area contributed by atoms with Crippen LogP contribution in [0.5, 0.6) is 0 Å². The van der Waals surface area contributed by atoms with Crippen LogP contribution in [-0.4, -0.2) is 22.9 Å². The van der Waals surface area contributed by atoms with Crippen molar-refractivity contribution >= 4 is 27.6 Å². The van der Waals surface area contributed by atoms with Crippen molar-refractivity contribution < 1.29 is 19.1 Å². The number of rotatable bonds is 2. The number of carboxylic acids is 1. The Kier molecular flexibility index (Phi) is 2.91. The van der Waals surface area contributed by atoms with Crippen molar-refractivity contribution in [1.29, 1.82) is 0 Å². The molecule has 1 aliphatic rings. The molecule has 0 aliphatic carbocycles. The topological polar surface area (TPSA) is 58.9 Å². The minimum absolute atomic E-state index is 0.180. The van der Waals surface area contributed by atoms with Crippen LogP contribution in [0.25, 0.3) is 0 Å². The SMILES string of the molecule is O=C(O)C1CC(c2ccc(F)cc2Br)=NO1. The van der Waals surface area contributed by atoms with Crippen LogP contribution >= 0.6 is 15.9 Å². The van der Waals surface area contributed by atoms with Gasteiger partial charge >= 0.3 is 5.97 Å².